The first kappa shape index (κ1) is 16.3. The van der Waals surface area contributed by atoms with Crippen molar-refractivity contribution in [2.75, 3.05) is 7.05 Å². The van der Waals surface area contributed by atoms with Crippen LogP contribution in [0.5, 0.6) is 0 Å². The predicted molar refractivity (Wildman–Crippen MR) is 103 cm³/mol. The van der Waals surface area contributed by atoms with Gasteiger partial charge in [-0.2, -0.15) is 5.10 Å². The third kappa shape index (κ3) is 2.33. The van der Waals surface area contributed by atoms with E-state index in [0.717, 1.165) is 47.0 Å². The Morgan fingerprint density at radius 1 is 1.35 bits per heavy atom. The van der Waals surface area contributed by atoms with Crippen molar-refractivity contribution in [3.8, 4) is 0 Å². The van der Waals surface area contributed by atoms with Crippen LogP contribution in [0.4, 0.5) is 0 Å². The second-order valence-electron chi connectivity index (χ2n) is 8.50. The normalized spacial score (nSPS) is 35.9. The fourth-order valence-electron chi connectivity index (χ4n) is 6.32. The highest BCUT2D eigenvalue weighted by molar-refractivity contribution is 6.49. The number of pyridine rings is 1. The standard InChI is InChI=1S/C19H25BN4O2/c1-21-24-17(16-13-2-3-22-18(13)23-9-14(16)20-26)15-11-4-10-5-12(15)8-19(25,6-10)7-11/h2-3,9-12,15,20-21,25-26H,4-8H2,1H3,(H,22,23)/b24-17-/t10?,11-,12?,15?,19?/m1/s1. The lowest BCUT2D eigenvalue weighted by atomic mass is 9.49. The van der Waals surface area contributed by atoms with Crippen LogP contribution in [0.25, 0.3) is 11.0 Å². The topological polar surface area (TPSA) is 93.5 Å². The molecule has 2 heterocycles. The Labute approximate surface area is 153 Å². The Kier molecular flexibility index (Phi) is 3.66. The van der Waals surface area contributed by atoms with Gasteiger partial charge in [0.1, 0.15) is 5.65 Å². The summed E-state index contributed by atoms with van der Waals surface area (Å²) in [4.78, 5) is 7.61. The number of hydrogen-bond acceptors (Lipinski definition) is 5. The molecule has 0 saturated heterocycles. The first-order valence-corrected chi connectivity index (χ1v) is 9.65. The minimum absolute atomic E-state index is 0.0548. The van der Waals surface area contributed by atoms with E-state index in [1.807, 2.05) is 19.3 Å². The summed E-state index contributed by atoms with van der Waals surface area (Å²) in [5, 5.41) is 26.6. The number of hydrazone groups is 1. The molecule has 4 bridgehead atoms. The molecule has 6 rings (SSSR count). The maximum atomic E-state index is 10.9. The zero-order chi connectivity index (χ0) is 17.9. The van der Waals surface area contributed by atoms with E-state index in [4.69, 9.17) is 5.10 Å². The van der Waals surface area contributed by atoms with E-state index in [1.165, 1.54) is 12.8 Å². The highest BCUT2D eigenvalue weighted by atomic mass is 16.3. The van der Waals surface area contributed by atoms with Crippen LogP contribution in [0.1, 0.15) is 37.7 Å². The quantitative estimate of drug-likeness (QED) is 0.369. The number of hydrogen-bond donors (Lipinski definition) is 4. The van der Waals surface area contributed by atoms with Gasteiger partial charge in [-0.25, -0.2) is 4.98 Å². The average Bonchev–Trinajstić information content (AvgIpc) is 3.07. The third-order valence-electron chi connectivity index (χ3n) is 6.88. The van der Waals surface area contributed by atoms with Crippen molar-refractivity contribution < 1.29 is 10.1 Å². The Bertz CT molecular complexity index is 864. The fourth-order valence-corrected chi connectivity index (χ4v) is 6.32. The van der Waals surface area contributed by atoms with Gasteiger partial charge in [-0.1, -0.05) is 0 Å². The molecule has 0 spiro atoms. The summed E-state index contributed by atoms with van der Waals surface area (Å²) in [6.07, 6.45) is 8.74. The summed E-state index contributed by atoms with van der Waals surface area (Å²) in [7, 11) is 1.78. The molecule has 136 valence electrons. The van der Waals surface area contributed by atoms with Crippen LogP contribution >= 0.6 is 0 Å². The van der Waals surface area contributed by atoms with Gasteiger partial charge in [0.05, 0.1) is 11.3 Å². The van der Waals surface area contributed by atoms with E-state index >= 15 is 0 Å². The number of fused-ring (bicyclic) bond motifs is 1. The Hall–Kier alpha value is -1.86. The molecule has 4 unspecified atom stereocenters. The summed E-state index contributed by atoms with van der Waals surface area (Å²) in [5.74, 6) is 1.91. The first-order chi connectivity index (χ1) is 12.6. The van der Waals surface area contributed by atoms with Crippen molar-refractivity contribution in [1.29, 1.82) is 0 Å². The van der Waals surface area contributed by atoms with Gasteiger partial charge < -0.3 is 20.5 Å². The molecular formula is C19H25BN4O2. The lowest BCUT2D eigenvalue weighted by Crippen LogP contribution is -2.57. The van der Waals surface area contributed by atoms with Gasteiger partial charge in [-0.3, -0.25) is 0 Å². The summed E-state index contributed by atoms with van der Waals surface area (Å²) < 4.78 is 0. The van der Waals surface area contributed by atoms with Crippen LogP contribution in [-0.2, 0) is 0 Å². The SMILES string of the molecule is CN/N=C(\c1c(BO)cnc2[nH]ccc12)C1C2CC3C[C@@H]1CC(O)(C3)C2. The Morgan fingerprint density at radius 3 is 2.77 bits per heavy atom. The summed E-state index contributed by atoms with van der Waals surface area (Å²) in [6.45, 7) is 0. The third-order valence-corrected chi connectivity index (χ3v) is 6.88. The van der Waals surface area contributed by atoms with Crippen LogP contribution in [0.3, 0.4) is 0 Å². The smallest absolute Gasteiger partial charge is 0.307 e. The minimum Gasteiger partial charge on any atom is -0.449 e. The van der Waals surface area contributed by atoms with E-state index < -0.39 is 5.60 Å². The lowest BCUT2D eigenvalue weighted by Gasteiger charge is -2.58. The molecular weight excluding hydrogens is 327 g/mol. The van der Waals surface area contributed by atoms with Gasteiger partial charge in [0.15, 0.2) is 0 Å². The zero-order valence-corrected chi connectivity index (χ0v) is 15.1. The highest BCUT2D eigenvalue weighted by Gasteiger charge is 2.56. The number of H-pyrrole nitrogens is 1. The number of nitrogens with one attached hydrogen (secondary N) is 2. The summed E-state index contributed by atoms with van der Waals surface area (Å²) in [5.41, 5.74) is 6.23. The van der Waals surface area contributed by atoms with Crippen LogP contribution in [0.2, 0.25) is 0 Å². The van der Waals surface area contributed by atoms with Gasteiger partial charge in [0, 0.05) is 36.3 Å². The van der Waals surface area contributed by atoms with Crippen LogP contribution in [0.15, 0.2) is 23.6 Å². The van der Waals surface area contributed by atoms with Crippen LogP contribution in [0, 0.1) is 23.7 Å². The molecule has 7 heteroatoms. The molecule has 0 radical (unpaired) electrons. The number of aromatic amines is 1. The van der Waals surface area contributed by atoms with Crippen molar-refractivity contribution in [3.05, 3.63) is 24.0 Å². The Balaban J connectivity index is 1.65. The van der Waals surface area contributed by atoms with Gasteiger partial charge in [-0.05, 0) is 61.4 Å². The van der Waals surface area contributed by atoms with Gasteiger partial charge in [-0.15, -0.1) is 0 Å². The van der Waals surface area contributed by atoms with E-state index in [9.17, 15) is 10.1 Å². The molecule has 2 aromatic rings. The number of nitrogens with zero attached hydrogens (tertiary/aromatic N) is 2. The molecule has 4 N–H and O–H groups in total. The fraction of sp³-hybridized carbons (Fsp3) is 0.579. The maximum Gasteiger partial charge on any atom is 0.307 e. The molecule has 5 atom stereocenters. The molecule has 0 aromatic carbocycles. The van der Waals surface area contributed by atoms with E-state index in [2.05, 4.69) is 15.4 Å². The largest absolute Gasteiger partial charge is 0.449 e. The molecule has 4 saturated carbocycles. The molecule has 4 fully saturated rings. The lowest BCUT2D eigenvalue weighted by molar-refractivity contribution is -0.137. The van der Waals surface area contributed by atoms with Gasteiger partial charge >= 0.3 is 7.48 Å². The number of aromatic nitrogens is 2. The van der Waals surface area contributed by atoms with Crippen molar-refractivity contribution >= 4 is 29.7 Å². The predicted octanol–water partition coefficient (Wildman–Crippen LogP) is 0.643. The van der Waals surface area contributed by atoms with Crippen LogP contribution in [-0.4, -0.2) is 45.9 Å². The second-order valence-corrected chi connectivity index (χ2v) is 8.50. The van der Waals surface area contributed by atoms with E-state index in [1.54, 1.807) is 6.20 Å². The van der Waals surface area contributed by atoms with Gasteiger partial charge in [0.2, 0.25) is 0 Å². The van der Waals surface area contributed by atoms with Crippen molar-refractivity contribution in [3.63, 3.8) is 0 Å². The number of rotatable bonds is 4. The maximum absolute atomic E-state index is 10.9. The Morgan fingerprint density at radius 2 is 2.12 bits per heavy atom. The molecule has 4 aliphatic carbocycles. The average molecular weight is 352 g/mol. The molecule has 2 aromatic heterocycles. The highest BCUT2D eigenvalue weighted by Crippen LogP contribution is 2.59. The van der Waals surface area contributed by atoms with E-state index in [-0.39, 0.29) is 7.48 Å². The van der Waals surface area contributed by atoms with Crippen molar-refractivity contribution in [2.45, 2.75) is 37.7 Å². The molecule has 0 aliphatic heterocycles. The monoisotopic (exact) mass is 352 g/mol. The number of aliphatic hydroxyl groups is 1. The van der Waals surface area contributed by atoms with E-state index in [0.29, 0.717) is 23.7 Å². The molecule has 26 heavy (non-hydrogen) atoms. The molecule has 0 amide bonds. The molecule has 4 aliphatic rings. The second kappa shape index (κ2) is 5.82. The summed E-state index contributed by atoms with van der Waals surface area (Å²) >= 11 is 0. The van der Waals surface area contributed by atoms with Gasteiger partial charge in [0.25, 0.3) is 0 Å². The molecule has 6 nitrogen and oxygen atoms in total. The van der Waals surface area contributed by atoms with Crippen molar-refractivity contribution in [1.82, 2.24) is 15.4 Å². The summed E-state index contributed by atoms with van der Waals surface area (Å²) in [6, 6.07) is 2.02. The van der Waals surface area contributed by atoms with Crippen LogP contribution < -0.4 is 10.9 Å². The first-order valence-electron chi connectivity index (χ1n) is 9.65. The van der Waals surface area contributed by atoms with Crippen molar-refractivity contribution in [2.24, 2.45) is 28.8 Å². The minimum atomic E-state index is -0.459. The zero-order valence-electron chi connectivity index (χ0n) is 15.1.